The number of nitriles is 1. The third-order valence-corrected chi connectivity index (χ3v) is 5.29. The molecule has 2 aromatic carbocycles. The van der Waals surface area contributed by atoms with Crippen LogP contribution in [-0.4, -0.2) is 32.1 Å². The lowest BCUT2D eigenvalue weighted by Crippen LogP contribution is -2.53. The highest BCUT2D eigenvalue weighted by molar-refractivity contribution is 5.54. The molecule has 2 atom stereocenters. The maximum Gasteiger partial charge on any atom is 0.246 e. The van der Waals surface area contributed by atoms with E-state index in [1.54, 1.807) is 49.1 Å². The molecule has 0 aliphatic carbocycles. The number of aromatic nitrogens is 2. The van der Waals surface area contributed by atoms with Crippen LogP contribution in [-0.2, 0) is 13.2 Å². The minimum Gasteiger partial charge on any atom is -0.485 e. The Labute approximate surface area is 178 Å². The van der Waals surface area contributed by atoms with Gasteiger partial charge in [0, 0.05) is 11.3 Å². The van der Waals surface area contributed by atoms with Crippen LogP contribution in [0.3, 0.4) is 0 Å². The van der Waals surface area contributed by atoms with E-state index in [-0.39, 0.29) is 24.9 Å². The van der Waals surface area contributed by atoms with Gasteiger partial charge in [0.25, 0.3) is 0 Å². The standard InChI is InChI=1S/C22H21FN4O4/c1-22(2)21(29)20(16-9-13(10-24)3-8-17(16)30-22)27(15-6-4-14(23)5-7-15)11-19-25-18(12-28)26-31-19/h3-9,20-21,28-29H,11-12H2,1-2H3/t20?,21-/m1/s1. The van der Waals surface area contributed by atoms with Crippen molar-refractivity contribution in [3.63, 3.8) is 0 Å². The molecule has 1 unspecified atom stereocenters. The van der Waals surface area contributed by atoms with Crippen molar-refractivity contribution in [3.8, 4) is 11.8 Å². The van der Waals surface area contributed by atoms with Crippen LogP contribution in [0.15, 0.2) is 47.0 Å². The zero-order valence-electron chi connectivity index (χ0n) is 17.0. The lowest BCUT2D eigenvalue weighted by atomic mass is 9.84. The second kappa shape index (κ2) is 7.98. The topological polar surface area (TPSA) is 116 Å². The Bertz CT molecular complexity index is 1120. The molecule has 0 amide bonds. The summed E-state index contributed by atoms with van der Waals surface area (Å²) in [5, 5.41) is 33.6. The van der Waals surface area contributed by atoms with Gasteiger partial charge in [-0.1, -0.05) is 5.16 Å². The van der Waals surface area contributed by atoms with Crippen LogP contribution >= 0.6 is 0 Å². The SMILES string of the molecule is CC1(C)Oc2ccc(C#N)cc2C(N(Cc2nc(CO)no2)c2ccc(F)cc2)[C@H]1O. The lowest BCUT2D eigenvalue weighted by Gasteiger charge is -2.46. The van der Waals surface area contributed by atoms with Gasteiger partial charge in [-0.2, -0.15) is 10.2 Å². The molecule has 31 heavy (non-hydrogen) atoms. The summed E-state index contributed by atoms with van der Waals surface area (Å²) in [6.07, 6.45) is -1.01. The summed E-state index contributed by atoms with van der Waals surface area (Å²) in [4.78, 5) is 5.94. The second-order valence-corrected chi connectivity index (χ2v) is 7.83. The summed E-state index contributed by atoms with van der Waals surface area (Å²) in [5.74, 6) is 0.481. The molecule has 160 valence electrons. The first-order chi connectivity index (χ1) is 14.8. The molecule has 2 heterocycles. The summed E-state index contributed by atoms with van der Waals surface area (Å²) >= 11 is 0. The average molecular weight is 424 g/mol. The highest BCUT2D eigenvalue weighted by Gasteiger charge is 2.46. The van der Waals surface area contributed by atoms with Gasteiger partial charge in [-0.15, -0.1) is 0 Å². The minimum atomic E-state index is -1.01. The smallest absolute Gasteiger partial charge is 0.246 e. The van der Waals surface area contributed by atoms with E-state index >= 15 is 0 Å². The zero-order valence-corrected chi connectivity index (χ0v) is 17.0. The molecular formula is C22H21FN4O4. The lowest BCUT2D eigenvalue weighted by molar-refractivity contribution is -0.0592. The van der Waals surface area contributed by atoms with Gasteiger partial charge in [0.1, 0.15) is 29.9 Å². The molecule has 0 fully saturated rings. The van der Waals surface area contributed by atoms with E-state index in [0.717, 1.165) is 0 Å². The van der Waals surface area contributed by atoms with Gasteiger partial charge in [-0.25, -0.2) is 4.39 Å². The fourth-order valence-electron chi connectivity index (χ4n) is 3.72. The van der Waals surface area contributed by atoms with Crippen LogP contribution in [0, 0.1) is 17.1 Å². The predicted octanol–water partition coefficient (Wildman–Crippen LogP) is 2.85. The number of aliphatic hydroxyl groups is 2. The van der Waals surface area contributed by atoms with Crippen LogP contribution in [0.25, 0.3) is 0 Å². The van der Waals surface area contributed by atoms with Crippen molar-refractivity contribution in [1.29, 1.82) is 5.26 Å². The largest absolute Gasteiger partial charge is 0.485 e. The van der Waals surface area contributed by atoms with Gasteiger partial charge in [-0.3, -0.25) is 0 Å². The molecule has 0 bridgehead atoms. The quantitative estimate of drug-likeness (QED) is 0.642. The molecule has 2 N–H and O–H groups in total. The number of halogens is 1. The van der Waals surface area contributed by atoms with Gasteiger partial charge >= 0.3 is 0 Å². The van der Waals surface area contributed by atoms with Crippen molar-refractivity contribution in [1.82, 2.24) is 10.1 Å². The number of nitrogens with zero attached hydrogens (tertiary/aromatic N) is 4. The van der Waals surface area contributed by atoms with Crippen molar-refractivity contribution in [2.75, 3.05) is 4.90 Å². The van der Waals surface area contributed by atoms with E-state index < -0.39 is 23.6 Å². The fraction of sp³-hybridized carbons (Fsp3) is 0.318. The first-order valence-electron chi connectivity index (χ1n) is 9.68. The molecule has 8 nitrogen and oxygen atoms in total. The molecule has 3 aromatic rings. The van der Waals surface area contributed by atoms with E-state index in [4.69, 9.17) is 9.26 Å². The second-order valence-electron chi connectivity index (χ2n) is 7.83. The Morgan fingerprint density at radius 1 is 1.23 bits per heavy atom. The van der Waals surface area contributed by atoms with Crippen LogP contribution in [0.4, 0.5) is 10.1 Å². The number of benzene rings is 2. The molecule has 1 aromatic heterocycles. The zero-order chi connectivity index (χ0) is 22.2. The first-order valence-corrected chi connectivity index (χ1v) is 9.68. The Balaban J connectivity index is 1.86. The Morgan fingerprint density at radius 2 is 1.97 bits per heavy atom. The molecule has 1 aliphatic heterocycles. The highest BCUT2D eigenvalue weighted by Crippen LogP contribution is 2.45. The van der Waals surface area contributed by atoms with Crippen molar-refractivity contribution in [3.05, 3.63) is 71.1 Å². The molecule has 0 saturated heterocycles. The molecule has 0 spiro atoms. The van der Waals surface area contributed by atoms with Crippen LogP contribution in [0.2, 0.25) is 0 Å². The van der Waals surface area contributed by atoms with E-state index in [2.05, 4.69) is 16.2 Å². The van der Waals surface area contributed by atoms with Gasteiger partial charge in [-0.05, 0) is 56.3 Å². The highest BCUT2D eigenvalue weighted by atomic mass is 19.1. The third-order valence-electron chi connectivity index (χ3n) is 5.29. The van der Waals surface area contributed by atoms with Gasteiger partial charge in [0.2, 0.25) is 5.89 Å². The third kappa shape index (κ3) is 3.95. The number of rotatable bonds is 5. The summed E-state index contributed by atoms with van der Waals surface area (Å²) in [6, 6.07) is 12.3. The number of ether oxygens (including phenoxy) is 1. The van der Waals surface area contributed by atoms with Crippen molar-refractivity contribution < 1.29 is 23.9 Å². The Hall–Kier alpha value is -3.48. The summed E-state index contributed by atoms with van der Waals surface area (Å²) in [7, 11) is 0. The fourth-order valence-corrected chi connectivity index (χ4v) is 3.72. The molecule has 9 heteroatoms. The minimum absolute atomic E-state index is 0.0761. The number of anilines is 1. The molecule has 1 aliphatic rings. The summed E-state index contributed by atoms with van der Waals surface area (Å²) in [6.45, 7) is 3.24. The maximum atomic E-state index is 13.6. The maximum absolute atomic E-state index is 13.6. The number of hydrogen-bond acceptors (Lipinski definition) is 8. The van der Waals surface area contributed by atoms with Crippen LogP contribution in [0.5, 0.6) is 5.75 Å². The van der Waals surface area contributed by atoms with Crippen molar-refractivity contribution in [2.24, 2.45) is 0 Å². The monoisotopic (exact) mass is 424 g/mol. The van der Waals surface area contributed by atoms with Gasteiger partial charge in [0.15, 0.2) is 5.82 Å². The molecule has 0 saturated carbocycles. The number of fused-ring (bicyclic) bond motifs is 1. The predicted molar refractivity (Wildman–Crippen MR) is 107 cm³/mol. The molecule has 4 rings (SSSR count). The van der Waals surface area contributed by atoms with Gasteiger partial charge in [0.05, 0.1) is 24.2 Å². The summed E-state index contributed by atoms with van der Waals surface area (Å²) < 4.78 is 24.9. The average Bonchev–Trinajstić information content (AvgIpc) is 3.21. The number of hydrogen-bond donors (Lipinski definition) is 2. The van der Waals surface area contributed by atoms with E-state index in [9.17, 15) is 19.9 Å². The first kappa shape index (κ1) is 20.8. The Kier molecular flexibility index (Phi) is 5.35. The van der Waals surface area contributed by atoms with Crippen LogP contribution in [0.1, 0.15) is 42.7 Å². The van der Waals surface area contributed by atoms with Crippen LogP contribution < -0.4 is 9.64 Å². The number of aliphatic hydroxyl groups excluding tert-OH is 2. The Morgan fingerprint density at radius 3 is 2.61 bits per heavy atom. The molecular weight excluding hydrogens is 403 g/mol. The van der Waals surface area contributed by atoms with E-state index in [1.807, 2.05) is 0 Å². The molecule has 0 radical (unpaired) electrons. The van der Waals surface area contributed by atoms with Crippen molar-refractivity contribution >= 4 is 5.69 Å². The van der Waals surface area contributed by atoms with E-state index in [1.165, 1.54) is 12.1 Å². The van der Waals surface area contributed by atoms with Gasteiger partial charge < -0.3 is 24.4 Å². The van der Waals surface area contributed by atoms with E-state index in [0.29, 0.717) is 22.6 Å². The summed E-state index contributed by atoms with van der Waals surface area (Å²) in [5.41, 5.74) is 0.672. The van der Waals surface area contributed by atoms with Crippen molar-refractivity contribution in [2.45, 2.75) is 44.7 Å². The normalized spacial score (nSPS) is 19.2.